The third kappa shape index (κ3) is 2.31. The molecule has 0 aromatic carbocycles. The van der Waals surface area contributed by atoms with Crippen LogP contribution >= 0.6 is 11.3 Å². The average molecular weight is 297 g/mol. The Morgan fingerprint density at radius 1 is 1.33 bits per heavy atom. The Morgan fingerprint density at radius 3 is 3.24 bits per heavy atom. The van der Waals surface area contributed by atoms with Gasteiger partial charge >= 0.3 is 0 Å². The molecular weight excluding hydrogens is 282 g/mol. The third-order valence-electron chi connectivity index (χ3n) is 3.80. The van der Waals surface area contributed by atoms with Crippen LogP contribution in [0.25, 0.3) is 5.82 Å². The molecule has 0 radical (unpaired) electrons. The van der Waals surface area contributed by atoms with Crippen LogP contribution in [0.5, 0.6) is 0 Å². The highest BCUT2D eigenvalue weighted by Gasteiger charge is 2.22. The van der Waals surface area contributed by atoms with Gasteiger partial charge in [-0.15, -0.1) is 11.3 Å². The largest absolute Gasteiger partial charge is 0.375 e. The van der Waals surface area contributed by atoms with Gasteiger partial charge in [0, 0.05) is 11.1 Å². The first kappa shape index (κ1) is 12.5. The van der Waals surface area contributed by atoms with Gasteiger partial charge in [0.05, 0.1) is 11.7 Å². The summed E-state index contributed by atoms with van der Waals surface area (Å²) in [4.78, 5) is 9.94. The number of nitrogens with zero attached hydrogens (tertiary/aromatic N) is 4. The van der Waals surface area contributed by atoms with E-state index in [0.29, 0.717) is 6.04 Å². The maximum Gasteiger partial charge on any atom is 0.178 e. The topological polar surface area (TPSA) is 55.6 Å². The van der Waals surface area contributed by atoms with Gasteiger partial charge in [-0.05, 0) is 48.4 Å². The van der Waals surface area contributed by atoms with Gasteiger partial charge in [-0.2, -0.15) is 5.10 Å². The van der Waals surface area contributed by atoms with E-state index >= 15 is 0 Å². The van der Waals surface area contributed by atoms with Crippen LogP contribution in [0.2, 0.25) is 0 Å². The van der Waals surface area contributed by atoms with E-state index in [1.807, 2.05) is 23.5 Å². The lowest BCUT2D eigenvalue weighted by atomic mass is 9.94. The van der Waals surface area contributed by atoms with Crippen LogP contribution in [-0.2, 0) is 6.42 Å². The first-order valence-electron chi connectivity index (χ1n) is 7.04. The molecule has 1 N–H and O–H groups in total. The molecule has 0 amide bonds. The Hall–Kier alpha value is -2.21. The molecule has 3 aromatic rings. The van der Waals surface area contributed by atoms with Crippen molar-refractivity contribution in [2.24, 2.45) is 0 Å². The lowest BCUT2D eigenvalue weighted by molar-refractivity contribution is 0.608. The Labute approximate surface area is 126 Å². The van der Waals surface area contributed by atoms with E-state index in [1.165, 1.54) is 29.6 Å². The standard InChI is InChI=1S/C15H15N5S/c1-3-12(11-6-8-21-14(11)5-1)19-13-4-2-7-17-15(13)20-10-16-9-18-20/h2,4,6-10,12,19H,1,3,5H2. The number of anilines is 1. The molecule has 5 nitrogen and oxygen atoms in total. The summed E-state index contributed by atoms with van der Waals surface area (Å²) in [6.07, 6.45) is 8.55. The predicted molar refractivity (Wildman–Crippen MR) is 82.8 cm³/mol. The van der Waals surface area contributed by atoms with Crippen LogP contribution < -0.4 is 5.32 Å². The van der Waals surface area contributed by atoms with Crippen molar-refractivity contribution in [1.82, 2.24) is 19.7 Å². The molecule has 0 aliphatic heterocycles. The van der Waals surface area contributed by atoms with Crippen molar-refractivity contribution in [2.45, 2.75) is 25.3 Å². The molecule has 0 fully saturated rings. The Balaban J connectivity index is 1.68. The molecule has 1 atom stereocenters. The summed E-state index contributed by atoms with van der Waals surface area (Å²) in [5, 5.41) is 10.0. The highest BCUT2D eigenvalue weighted by Crippen LogP contribution is 2.36. The predicted octanol–water partition coefficient (Wildman–Crippen LogP) is 3.21. The molecule has 21 heavy (non-hydrogen) atoms. The van der Waals surface area contributed by atoms with Crippen LogP contribution in [0.15, 0.2) is 42.4 Å². The zero-order valence-corrected chi connectivity index (χ0v) is 12.3. The molecule has 6 heteroatoms. The van der Waals surface area contributed by atoms with E-state index in [-0.39, 0.29) is 0 Å². The SMILES string of the molecule is c1cnc(-n2cncn2)c(NC2CCCc3sccc32)c1. The Morgan fingerprint density at radius 2 is 2.33 bits per heavy atom. The van der Waals surface area contributed by atoms with Crippen LogP contribution in [0.1, 0.15) is 29.3 Å². The van der Waals surface area contributed by atoms with Crippen molar-refractivity contribution in [3.05, 3.63) is 52.9 Å². The summed E-state index contributed by atoms with van der Waals surface area (Å²) in [6, 6.07) is 6.58. The minimum Gasteiger partial charge on any atom is -0.375 e. The van der Waals surface area contributed by atoms with Gasteiger partial charge in [-0.3, -0.25) is 0 Å². The number of hydrogen-bond acceptors (Lipinski definition) is 5. The quantitative estimate of drug-likeness (QED) is 0.806. The molecule has 3 aromatic heterocycles. The molecule has 3 heterocycles. The summed E-state index contributed by atoms with van der Waals surface area (Å²) >= 11 is 1.86. The molecule has 4 rings (SSSR count). The summed E-state index contributed by atoms with van der Waals surface area (Å²) in [5.74, 6) is 0.789. The van der Waals surface area contributed by atoms with Crippen LogP contribution in [0.3, 0.4) is 0 Å². The van der Waals surface area contributed by atoms with Gasteiger partial charge in [-0.1, -0.05) is 0 Å². The second kappa shape index (κ2) is 5.29. The van der Waals surface area contributed by atoms with Crippen LogP contribution in [0, 0.1) is 0 Å². The zero-order chi connectivity index (χ0) is 14.1. The van der Waals surface area contributed by atoms with Crippen LogP contribution in [-0.4, -0.2) is 19.7 Å². The zero-order valence-electron chi connectivity index (χ0n) is 11.4. The van der Waals surface area contributed by atoms with E-state index in [1.54, 1.807) is 17.2 Å². The van der Waals surface area contributed by atoms with Gasteiger partial charge < -0.3 is 5.32 Å². The Bertz CT molecular complexity index is 734. The van der Waals surface area contributed by atoms with Gasteiger partial charge in [0.1, 0.15) is 12.7 Å². The molecule has 1 unspecified atom stereocenters. The first-order valence-corrected chi connectivity index (χ1v) is 7.92. The Kier molecular flexibility index (Phi) is 3.16. The van der Waals surface area contributed by atoms with Crippen molar-refractivity contribution in [3.8, 4) is 5.82 Å². The van der Waals surface area contributed by atoms with Gasteiger partial charge in [0.15, 0.2) is 5.82 Å². The van der Waals surface area contributed by atoms with Crippen molar-refractivity contribution >= 4 is 17.0 Å². The van der Waals surface area contributed by atoms with Gasteiger partial charge in [0.25, 0.3) is 0 Å². The van der Waals surface area contributed by atoms with Crippen molar-refractivity contribution in [3.63, 3.8) is 0 Å². The van der Waals surface area contributed by atoms with Crippen LogP contribution in [0.4, 0.5) is 5.69 Å². The maximum atomic E-state index is 4.43. The minimum absolute atomic E-state index is 0.353. The summed E-state index contributed by atoms with van der Waals surface area (Å²) in [5.41, 5.74) is 2.42. The number of rotatable bonds is 3. The molecule has 0 spiro atoms. The minimum atomic E-state index is 0.353. The third-order valence-corrected chi connectivity index (χ3v) is 4.80. The fourth-order valence-electron chi connectivity index (χ4n) is 2.83. The smallest absolute Gasteiger partial charge is 0.178 e. The second-order valence-corrected chi connectivity index (χ2v) is 6.10. The molecule has 1 aliphatic carbocycles. The molecule has 0 bridgehead atoms. The maximum absolute atomic E-state index is 4.43. The highest BCUT2D eigenvalue weighted by atomic mass is 32.1. The molecular formula is C15H15N5S. The normalized spacial score (nSPS) is 17.4. The highest BCUT2D eigenvalue weighted by molar-refractivity contribution is 7.10. The number of aryl methyl sites for hydroxylation is 1. The number of fused-ring (bicyclic) bond motifs is 1. The summed E-state index contributed by atoms with van der Waals surface area (Å²) in [6.45, 7) is 0. The fourth-order valence-corrected chi connectivity index (χ4v) is 3.82. The first-order chi connectivity index (χ1) is 10.4. The molecule has 106 valence electrons. The summed E-state index contributed by atoms with van der Waals surface area (Å²) < 4.78 is 1.69. The monoisotopic (exact) mass is 297 g/mol. The van der Waals surface area contributed by atoms with Crippen molar-refractivity contribution in [2.75, 3.05) is 5.32 Å². The number of pyridine rings is 1. The lowest BCUT2D eigenvalue weighted by Gasteiger charge is -2.25. The summed E-state index contributed by atoms with van der Waals surface area (Å²) in [7, 11) is 0. The average Bonchev–Trinajstić information content (AvgIpc) is 3.20. The van der Waals surface area contributed by atoms with Crippen molar-refractivity contribution < 1.29 is 0 Å². The molecule has 1 aliphatic rings. The van der Waals surface area contributed by atoms with E-state index < -0.39 is 0 Å². The second-order valence-electron chi connectivity index (χ2n) is 5.10. The number of thiophene rings is 1. The number of nitrogens with one attached hydrogen (secondary N) is 1. The van der Waals surface area contributed by atoms with Gasteiger partial charge in [-0.25, -0.2) is 14.6 Å². The van der Waals surface area contributed by atoms with Gasteiger partial charge in [0.2, 0.25) is 0 Å². The van der Waals surface area contributed by atoms with Crippen molar-refractivity contribution in [1.29, 1.82) is 0 Å². The van der Waals surface area contributed by atoms with E-state index in [9.17, 15) is 0 Å². The number of aromatic nitrogens is 4. The number of hydrogen-bond donors (Lipinski definition) is 1. The fraction of sp³-hybridized carbons (Fsp3) is 0.267. The van der Waals surface area contributed by atoms with E-state index in [4.69, 9.17) is 0 Å². The molecule has 0 saturated carbocycles. The van der Waals surface area contributed by atoms with E-state index in [0.717, 1.165) is 17.9 Å². The molecule has 0 saturated heterocycles. The van der Waals surface area contributed by atoms with E-state index in [2.05, 4.69) is 31.8 Å². The lowest BCUT2D eigenvalue weighted by Crippen LogP contribution is -2.17.